The van der Waals surface area contributed by atoms with Gasteiger partial charge >= 0.3 is 6.08 Å². The molecular formula is C4H5F3O3S. The summed E-state index contributed by atoms with van der Waals surface area (Å²) in [6.45, 7) is 0. The lowest BCUT2D eigenvalue weighted by Crippen LogP contribution is -2.03. The Hall–Kier alpha value is -0.560. The Bertz CT molecular complexity index is 252. The van der Waals surface area contributed by atoms with Crippen molar-refractivity contribution in [3.63, 3.8) is 0 Å². The summed E-state index contributed by atoms with van der Waals surface area (Å²) >= 11 is 0. The number of rotatable bonds is 3. The van der Waals surface area contributed by atoms with Crippen LogP contribution in [0.3, 0.4) is 0 Å². The van der Waals surface area contributed by atoms with Crippen LogP contribution in [-0.4, -0.2) is 18.7 Å². The minimum absolute atomic E-state index is 0.999. The summed E-state index contributed by atoms with van der Waals surface area (Å²) < 4.78 is 62.0. The smallest absolute Gasteiger partial charge is 0.286 e. The van der Waals surface area contributed by atoms with Crippen molar-refractivity contribution in [1.82, 2.24) is 0 Å². The first-order valence-electron chi connectivity index (χ1n) is 2.48. The molecule has 0 atom stereocenters. The lowest BCUT2D eigenvalue weighted by atomic mass is 10.4. The molecule has 0 unspecified atom stereocenters. The van der Waals surface area contributed by atoms with Gasteiger partial charge in [-0.3, -0.25) is 4.55 Å². The van der Waals surface area contributed by atoms with Crippen molar-refractivity contribution in [2.45, 2.75) is 6.42 Å². The number of halogens is 3. The molecular weight excluding hydrogens is 185 g/mol. The molecule has 0 saturated carbocycles. The monoisotopic (exact) mass is 190 g/mol. The predicted octanol–water partition coefficient (Wildman–Crippen LogP) is 1.34. The van der Waals surface area contributed by atoms with Crippen LogP contribution in [0.25, 0.3) is 0 Å². The average Bonchev–Trinajstić information content (AvgIpc) is 1.80. The van der Waals surface area contributed by atoms with E-state index in [1.54, 1.807) is 0 Å². The summed E-state index contributed by atoms with van der Waals surface area (Å²) in [5.41, 5.74) is 0. The molecule has 1 N–H and O–H groups in total. The lowest BCUT2D eigenvalue weighted by Gasteiger charge is -1.92. The van der Waals surface area contributed by atoms with Gasteiger partial charge in [-0.1, -0.05) is 0 Å². The summed E-state index contributed by atoms with van der Waals surface area (Å²) in [4.78, 5) is 0. The highest BCUT2D eigenvalue weighted by Crippen LogP contribution is 2.13. The third-order valence-corrected chi connectivity index (χ3v) is 1.50. The Balaban J connectivity index is 4.03. The zero-order valence-electron chi connectivity index (χ0n) is 5.22. The van der Waals surface area contributed by atoms with E-state index in [1.807, 2.05) is 0 Å². The summed E-state index contributed by atoms with van der Waals surface area (Å²) in [5.74, 6) is -2.85. The molecule has 0 saturated heterocycles. The molecule has 0 heterocycles. The quantitative estimate of drug-likeness (QED) is 0.683. The van der Waals surface area contributed by atoms with Gasteiger partial charge in [0.05, 0.1) is 5.75 Å². The molecule has 0 aliphatic carbocycles. The second kappa shape index (κ2) is 3.72. The van der Waals surface area contributed by atoms with Crippen molar-refractivity contribution in [2.75, 3.05) is 5.75 Å². The number of hydrogen-bond donors (Lipinski definition) is 1. The van der Waals surface area contributed by atoms with Gasteiger partial charge < -0.3 is 0 Å². The minimum atomic E-state index is -4.36. The van der Waals surface area contributed by atoms with Crippen LogP contribution >= 0.6 is 0 Å². The normalized spacial score (nSPS) is 11.3. The Labute approximate surface area is 61.3 Å². The molecule has 0 aliphatic rings. The highest BCUT2D eigenvalue weighted by atomic mass is 32.2. The van der Waals surface area contributed by atoms with Crippen molar-refractivity contribution in [2.24, 2.45) is 0 Å². The fourth-order valence-electron chi connectivity index (χ4n) is 0.313. The first kappa shape index (κ1) is 10.4. The molecule has 11 heavy (non-hydrogen) atoms. The molecule has 0 aliphatic heterocycles. The van der Waals surface area contributed by atoms with Crippen molar-refractivity contribution in [1.29, 1.82) is 0 Å². The van der Waals surface area contributed by atoms with E-state index in [-0.39, 0.29) is 0 Å². The molecule has 0 radical (unpaired) electrons. The number of hydrogen-bond acceptors (Lipinski definition) is 2. The molecule has 0 amide bonds. The van der Waals surface area contributed by atoms with E-state index >= 15 is 0 Å². The highest BCUT2D eigenvalue weighted by Gasteiger charge is 2.10. The third kappa shape index (κ3) is 5.86. The van der Waals surface area contributed by atoms with Gasteiger partial charge in [-0.05, 0) is 0 Å². The summed E-state index contributed by atoms with van der Waals surface area (Å²) in [6, 6.07) is 0. The van der Waals surface area contributed by atoms with E-state index in [1.165, 1.54) is 0 Å². The van der Waals surface area contributed by atoms with Crippen molar-refractivity contribution < 1.29 is 26.1 Å². The zero-order chi connectivity index (χ0) is 9.07. The maximum absolute atomic E-state index is 11.8. The molecule has 0 bridgehead atoms. The number of allylic oxidation sites excluding steroid dienone is 1. The molecule has 0 aromatic heterocycles. The second-order valence-electron chi connectivity index (χ2n) is 1.70. The van der Waals surface area contributed by atoms with Crippen LogP contribution in [0.15, 0.2) is 11.9 Å². The third-order valence-electron chi connectivity index (χ3n) is 0.785. The van der Waals surface area contributed by atoms with Gasteiger partial charge in [0.25, 0.3) is 10.1 Å². The van der Waals surface area contributed by atoms with Gasteiger partial charge in [0.1, 0.15) is 0 Å². The van der Waals surface area contributed by atoms with Crippen LogP contribution in [0.5, 0.6) is 0 Å². The maximum atomic E-state index is 11.8. The van der Waals surface area contributed by atoms with Crippen LogP contribution in [0.2, 0.25) is 0 Å². The largest absolute Gasteiger partial charge is 0.301 e. The first-order valence-corrected chi connectivity index (χ1v) is 4.08. The second-order valence-corrected chi connectivity index (χ2v) is 3.27. The Kier molecular flexibility index (Phi) is 3.53. The van der Waals surface area contributed by atoms with Crippen molar-refractivity contribution in [3.8, 4) is 0 Å². The standard InChI is InChI=1S/C4H5F3O3S/c5-3(4(6)7)1-2-11(8,9)10/h1-2H2,(H,8,9,10). The maximum Gasteiger partial charge on any atom is 0.301 e. The molecule has 0 spiro atoms. The van der Waals surface area contributed by atoms with E-state index in [9.17, 15) is 21.6 Å². The van der Waals surface area contributed by atoms with Crippen LogP contribution in [0, 0.1) is 0 Å². The van der Waals surface area contributed by atoms with E-state index in [2.05, 4.69) is 0 Å². The Morgan fingerprint density at radius 3 is 2.00 bits per heavy atom. The van der Waals surface area contributed by atoms with E-state index in [0.29, 0.717) is 0 Å². The molecule has 7 heteroatoms. The topological polar surface area (TPSA) is 54.4 Å². The fraction of sp³-hybridized carbons (Fsp3) is 0.500. The van der Waals surface area contributed by atoms with E-state index in [4.69, 9.17) is 4.55 Å². The Morgan fingerprint density at radius 1 is 1.27 bits per heavy atom. The Morgan fingerprint density at radius 2 is 1.73 bits per heavy atom. The van der Waals surface area contributed by atoms with Gasteiger partial charge in [-0.15, -0.1) is 0 Å². The van der Waals surface area contributed by atoms with Gasteiger partial charge in [0, 0.05) is 6.42 Å². The van der Waals surface area contributed by atoms with E-state index < -0.39 is 34.2 Å². The fourth-order valence-corrected chi connectivity index (χ4v) is 0.750. The molecule has 0 aromatic carbocycles. The molecule has 0 rings (SSSR count). The van der Waals surface area contributed by atoms with E-state index in [0.717, 1.165) is 0 Å². The van der Waals surface area contributed by atoms with Crippen molar-refractivity contribution in [3.05, 3.63) is 11.9 Å². The zero-order valence-corrected chi connectivity index (χ0v) is 6.04. The van der Waals surface area contributed by atoms with Crippen molar-refractivity contribution >= 4 is 10.1 Å². The van der Waals surface area contributed by atoms with Crippen LogP contribution < -0.4 is 0 Å². The van der Waals surface area contributed by atoms with Gasteiger partial charge in [0.15, 0.2) is 5.83 Å². The van der Waals surface area contributed by atoms with Gasteiger partial charge in [0.2, 0.25) is 0 Å². The summed E-state index contributed by atoms with van der Waals surface area (Å²) in [6.07, 6.45) is -3.56. The van der Waals surface area contributed by atoms with Gasteiger partial charge in [-0.2, -0.15) is 17.2 Å². The minimum Gasteiger partial charge on any atom is -0.286 e. The molecule has 3 nitrogen and oxygen atoms in total. The predicted molar refractivity (Wildman–Crippen MR) is 31.4 cm³/mol. The summed E-state index contributed by atoms with van der Waals surface area (Å²) in [7, 11) is -4.36. The lowest BCUT2D eigenvalue weighted by molar-refractivity contribution is 0.372. The summed E-state index contributed by atoms with van der Waals surface area (Å²) in [5, 5.41) is 0. The average molecular weight is 190 g/mol. The SMILES string of the molecule is O=S(=O)(O)CCC(F)=C(F)F. The van der Waals surface area contributed by atoms with Crippen LogP contribution in [-0.2, 0) is 10.1 Å². The van der Waals surface area contributed by atoms with Gasteiger partial charge in [-0.25, -0.2) is 4.39 Å². The first-order chi connectivity index (χ1) is 4.83. The molecule has 66 valence electrons. The molecule has 0 fully saturated rings. The van der Waals surface area contributed by atoms with Crippen LogP contribution in [0.4, 0.5) is 13.2 Å². The highest BCUT2D eigenvalue weighted by molar-refractivity contribution is 7.85. The molecule has 0 aromatic rings. The van der Waals surface area contributed by atoms with Crippen LogP contribution in [0.1, 0.15) is 6.42 Å².